The highest BCUT2D eigenvalue weighted by atomic mass is 79.9. The maximum absolute atomic E-state index is 11.9. The first-order valence-electron chi connectivity index (χ1n) is 5.18. The average molecular weight is 343 g/mol. The molecule has 0 saturated heterocycles. The van der Waals surface area contributed by atoms with Crippen molar-refractivity contribution in [2.75, 3.05) is 5.75 Å². The fourth-order valence-electron chi connectivity index (χ4n) is 1.31. The monoisotopic (exact) mass is 341 g/mol. The Balaban J connectivity index is 1.96. The normalized spacial score (nSPS) is 10.3. The van der Waals surface area contributed by atoms with Crippen LogP contribution in [0.15, 0.2) is 52.1 Å². The molecule has 0 unspecified atom stereocenters. The summed E-state index contributed by atoms with van der Waals surface area (Å²) in [5.74, 6) is 0.459. The van der Waals surface area contributed by atoms with Gasteiger partial charge in [0.05, 0.1) is 15.8 Å². The van der Waals surface area contributed by atoms with Crippen molar-refractivity contribution in [2.24, 2.45) is 0 Å². The van der Waals surface area contributed by atoms with Gasteiger partial charge in [-0.1, -0.05) is 51.4 Å². The van der Waals surface area contributed by atoms with E-state index in [1.54, 1.807) is 12.3 Å². The number of carbonyl (C=O) groups excluding carboxylic acids is 1. The zero-order valence-corrected chi connectivity index (χ0v) is 12.4. The third-order valence-electron chi connectivity index (χ3n) is 2.22. The van der Waals surface area contributed by atoms with Gasteiger partial charge in [-0.25, -0.2) is 4.98 Å². The topological polar surface area (TPSA) is 30.0 Å². The van der Waals surface area contributed by atoms with Crippen LogP contribution >= 0.6 is 39.3 Å². The minimum Gasteiger partial charge on any atom is -0.293 e. The lowest BCUT2D eigenvalue weighted by Crippen LogP contribution is -2.02. The van der Waals surface area contributed by atoms with E-state index in [1.807, 2.05) is 30.3 Å². The molecule has 1 heterocycles. The predicted molar refractivity (Wildman–Crippen MR) is 78.4 cm³/mol. The lowest BCUT2D eigenvalue weighted by molar-refractivity contribution is 0.102. The number of hydrogen-bond acceptors (Lipinski definition) is 3. The lowest BCUT2D eigenvalue weighted by Gasteiger charge is -2.01. The van der Waals surface area contributed by atoms with Crippen LogP contribution in [0.1, 0.15) is 10.4 Å². The van der Waals surface area contributed by atoms with Gasteiger partial charge in [-0.15, -0.1) is 0 Å². The van der Waals surface area contributed by atoms with Crippen molar-refractivity contribution in [1.29, 1.82) is 0 Å². The molecule has 5 heteroatoms. The van der Waals surface area contributed by atoms with Gasteiger partial charge in [0.15, 0.2) is 5.78 Å². The molecule has 0 fully saturated rings. The van der Waals surface area contributed by atoms with Gasteiger partial charge >= 0.3 is 0 Å². The largest absolute Gasteiger partial charge is 0.293 e. The van der Waals surface area contributed by atoms with Crippen LogP contribution in [0, 0.1) is 0 Å². The molecule has 2 nitrogen and oxygen atoms in total. The molecule has 0 bridgehead atoms. The average Bonchev–Trinajstić information content (AvgIpc) is 2.38. The Morgan fingerprint density at radius 1 is 1.22 bits per heavy atom. The highest BCUT2D eigenvalue weighted by Crippen LogP contribution is 2.19. The number of pyridine rings is 1. The second kappa shape index (κ2) is 6.36. The predicted octanol–water partition coefficient (Wildman–Crippen LogP) is 4.47. The van der Waals surface area contributed by atoms with E-state index in [1.165, 1.54) is 11.8 Å². The maximum atomic E-state index is 11.9. The standard InChI is InChI=1S/C13H9BrClNOS/c14-10-3-1-9(2-4-10)12(17)8-18-13-6-5-11(15)7-16-13/h1-7H,8H2. The number of rotatable bonds is 4. The molecule has 1 aromatic heterocycles. The van der Waals surface area contributed by atoms with E-state index in [0.717, 1.165) is 9.50 Å². The molecule has 2 aromatic rings. The summed E-state index contributed by atoms with van der Waals surface area (Å²) < 4.78 is 0.964. The molecule has 18 heavy (non-hydrogen) atoms. The lowest BCUT2D eigenvalue weighted by atomic mass is 10.2. The van der Waals surface area contributed by atoms with Crippen LogP contribution in [0.5, 0.6) is 0 Å². The van der Waals surface area contributed by atoms with Crippen molar-refractivity contribution in [3.63, 3.8) is 0 Å². The van der Waals surface area contributed by atoms with Crippen molar-refractivity contribution in [3.05, 3.63) is 57.7 Å². The minimum atomic E-state index is 0.0873. The molecule has 0 N–H and O–H groups in total. The molecular formula is C13H9BrClNOS. The Hall–Kier alpha value is -0.840. The fourth-order valence-corrected chi connectivity index (χ4v) is 2.42. The quantitative estimate of drug-likeness (QED) is 0.606. The van der Waals surface area contributed by atoms with Crippen molar-refractivity contribution >= 4 is 45.1 Å². The number of nitrogens with zero attached hydrogens (tertiary/aromatic N) is 1. The van der Waals surface area contributed by atoms with Gasteiger partial charge in [-0.3, -0.25) is 4.79 Å². The molecule has 1 aromatic carbocycles. The molecule has 0 amide bonds. The first kappa shape index (κ1) is 13.6. The summed E-state index contributed by atoms with van der Waals surface area (Å²) in [6, 6.07) is 10.9. The van der Waals surface area contributed by atoms with Crippen LogP contribution in [0.3, 0.4) is 0 Å². The zero-order chi connectivity index (χ0) is 13.0. The van der Waals surface area contributed by atoms with E-state index < -0.39 is 0 Å². The summed E-state index contributed by atoms with van der Waals surface area (Å²) in [7, 11) is 0. The van der Waals surface area contributed by atoms with Crippen LogP contribution in [-0.4, -0.2) is 16.5 Å². The van der Waals surface area contributed by atoms with E-state index in [-0.39, 0.29) is 5.78 Å². The molecule has 0 atom stereocenters. The zero-order valence-electron chi connectivity index (χ0n) is 9.27. The van der Waals surface area contributed by atoms with Gasteiger partial charge < -0.3 is 0 Å². The maximum Gasteiger partial charge on any atom is 0.173 e. The number of Topliss-reactive ketones (excluding diaryl/α,β-unsaturated/α-hetero) is 1. The molecule has 0 spiro atoms. The van der Waals surface area contributed by atoms with Gasteiger partial charge in [0.1, 0.15) is 0 Å². The van der Waals surface area contributed by atoms with Crippen LogP contribution in [-0.2, 0) is 0 Å². The van der Waals surface area contributed by atoms with E-state index in [9.17, 15) is 4.79 Å². The van der Waals surface area contributed by atoms with Crippen molar-refractivity contribution in [2.45, 2.75) is 5.03 Å². The number of thioether (sulfide) groups is 1. The number of carbonyl (C=O) groups is 1. The summed E-state index contributed by atoms with van der Waals surface area (Å²) in [6.45, 7) is 0. The van der Waals surface area contributed by atoms with Gasteiger partial charge in [0.25, 0.3) is 0 Å². The van der Waals surface area contributed by atoms with E-state index in [0.29, 0.717) is 16.3 Å². The van der Waals surface area contributed by atoms with Crippen molar-refractivity contribution < 1.29 is 4.79 Å². The van der Waals surface area contributed by atoms with Gasteiger partial charge in [-0.05, 0) is 24.3 Å². The molecule has 92 valence electrons. The van der Waals surface area contributed by atoms with E-state index in [4.69, 9.17) is 11.6 Å². The van der Waals surface area contributed by atoms with Gasteiger partial charge in [0.2, 0.25) is 0 Å². The van der Waals surface area contributed by atoms with Crippen LogP contribution < -0.4 is 0 Å². The molecule has 0 aliphatic rings. The second-order valence-corrected chi connectivity index (χ2v) is 5.88. The molecule has 2 rings (SSSR count). The third kappa shape index (κ3) is 3.83. The molecular weight excluding hydrogens is 334 g/mol. The second-order valence-electron chi connectivity index (χ2n) is 3.53. The summed E-state index contributed by atoms with van der Waals surface area (Å²) in [5.41, 5.74) is 0.708. The number of ketones is 1. The van der Waals surface area contributed by atoms with Crippen molar-refractivity contribution in [1.82, 2.24) is 4.98 Å². The van der Waals surface area contributed by atoms with Crippen molar-refractivity contribution in [3.8, 4) is 0 Å². The smallest absolute Gasteiger partial charge is 0.173 e. The number of halogens is 2. The summed E-state index contributed by atoms with van der Waals surface area (Å²) >= 11 is 10.5. The van der Waals surface area contributed by atoms with E-state index >= 15 is 0 Å². The molecule has 0 aliphatic carbocycles. The first-order chi connectivity index (χ1) is 8.65. The SMILES string of the molecule is O=C(CSc1ccc(Cl)cn1)c1ccc(Br)cc1. The highest BCUT2D eigenvalue weighted by Gasteiger charge is 2.07. The summed E-state index contributed by atoms with van der Waals surface area (Å²) in [6.07, 6.45) is 1.58. The number of hydrogen-bond donors (Lipinski definition) is 0. The highest BCUT2D eigenvalue weighted by molar-refractivity contribution is 9.10. The fraction of sp³-hybridized carbons (Fsp3) is 0.0769. The Labute approximate surface area is 123 Å². The van der Waals surface area contributed by atoms with Crippen LogP contribution in [0.4, 0.5) is 0 Å². The Bertz CT molecular complexity index is 542. The number of aromatic nitrogens is 1. The Morgan fingerprint density at radius 3 is 2.56 bits per heavy atom. The van der Waals surface area contributed by atoms with Crippen LogP contribution in [0.2, 0.25) is 5.02 Å². The van der Waals surface area contributed by atoms with Gasteiger partial charge in [0, 0.05) is 16.2 Å². The first-order valence-corrected chi connectivity index (χ1v) is 7.34. The Kier molecular flexibility index (Phi) is 4.80. The molecule has 0 saturated carbocycles. The Morgan fingerprint density at radius 2 is 1.94 bits per heavy atom. The molecule has 0 radical (unpaired) electrons. The number of benzene rings is 1. The summed E-state index contributed by atoms with van der Waals surface area (Å²) in [4.78, 5) is 16.0. The minimum absolute atomic E-state index is 0.0873. The van der Waals surface area contributed by atoms with Crippen LogP contribution in [0.25, 0.3) is 0 Å². The van der Waals surface area contributed by atoms with E-state index in [2.05, 4.69) is 20.9 Å². The third-order valence-corrected chi connectivity index (χ3v) is 3.91. The molecule has 0 aliphatic heterocycles. The van der Waals surface area contributed by atoms with Gasteiger partial charge in [-0.2, -0.15) is 0 Å². The summed E-state index contributed by atoms with van der Waals surface area (Å²) in [5, 5.41) is 1.39.